The molecule has 0 unspecified atom stereocenters. The van der Waals surface area contributed by atoms with Gasteiger partial charge in [0.05, 0.1) is 19.0 Å². The van der Waals surface area contributed by atoms with E-state index in [0.717, 1.165) is 31.3 Å². The molecule has 0 spiro atoms. The van der Waals surface area contributed by atoms with E-state index in [2.05, 4.69) is 10.6 Å². The SMILES string of the molecule is C1COCN1.c1ccc2c(c1)NCO2. The Balaban J connectivity index is 0.000000128. The molecule has 4 heteroatoms. The third kappa shape index (κ3) is 2.37. The molecule has 0 saturated carbocycles. The van der Waals surface area contributed by atoms with Gasteiger partial charge >= 0.3 is 0 Å². The van der Waals surface area contributed by atoms with E-state index in [4.69, 9.17) is 9.47 Å². The lowest BCUT2D eigenvalue weighted by Gasteiger charge is -1.91. The quantitative estimate of drug-likeness (QED) is 0.647. The molecule has 0 aliphatic carbocycles. The average molecular weight is 194 g/mol. The Kier molecular flexibility index (Phi) is 3.21. The zero-order valence-electron chi connectivity index (χ0n) is 7.95. The van der Waals surface area contributed by atoms with Crippen LogP contribution in [0.2, 0.25) is 0 Å². The van der Waals surface area contributed by atoms with Crippen LogP contribution in [0.25, 0.3) is 0 Å². The summed E-state index contributed by atoms with van der Waals surface area (Å²) in [4.78, 5) is 0. The first-order valence-corrected chi connectivity index (χ1v) is 4.71. The zero-order valence-corrected chi connectivity index (χ0v) is 7.95. The van der Waals surface area contributed by atoms with E-state index in [1.807, 2.05) is 24.3 Å². The molecule has 3 rings (SSSR count). The topological polar surface area (TPSA) is 42.5 Å². The molecule has 4 nitrogen and oxygen atoms in total. The van der Waals surface area contributed by atoms with Gasteiger partial charge in [-0.05, 0) is 12.1 Å². The Labute approximate surface area is 83.2 Å². The first-order chi connectivity index (χ1) is 6.97. The number of fused-ring (bicyclic) bond motifs is 1. The van der Waals surface area contributed by atoms with Gasteiger partial charge in [-0.2, -0.15) is 0 Å². The van der Waals surface area contributed by atoms with Crippen LogP contribution in [-0.4, -0.2) is 26.6 Å². The van der Waals surface area contributed by atoms with Gasteiger partial charge in [-0.3, -0.25) is 5.32 Å². The number of hydrogen-bond acceptors (Lipinski definition) is 4. The highest BCUT2D eigenvalue weighted by atomic mass is 16.5. The summed E-state index contributed by atoms with van der Waals surface area (Å²) in [6, 6.07) is 7.91. The lowest BCUT2D eigenvalue weighted by molar-refractivity contribution is 0.194. The van der Waals surface area contributed by atoms with Gasteiger partial charge < -0.3 is 14.8 Å². The largest absolute Gasteiger partial charge is 0.471 e. The second-order valence-corrected chi connectivity index (χ2v) is 3.01. The van der Waals surface area contributed by atoms with Crippen LogP contribution >= 0.6 is 0 Å². The van der Waals surface area contributed by atoms with Crippen LogP contribution in [0, 0.1) is 0 Å². The summed E-state index contributed by atoms with van der Waals surface area (Å²) >= 11 is 0. The average Bonchev–Trinajstić information content (AvgIpc) is 2.92. The fourth-order valence-electron chi connectivity index (χ4n) is 1.29. The number of rotatable bonds is 0. The van der Waals surface area contributed by atoms with Crippen molar-refractivity contribution in [1.29, 1.82) is 0 Å². The van der Waals surface area contributed by atoms with Crippen LogP contribution in [0.3, 0.4) is 0 Å². The Morgan fingerprint density at radius 3 is 2.71 bits per heavy atom. The first-order valence-electron chi connectivity index (χ1n) is 4.71. The van der Waals surface area contributed by atoms with Crippen LogP contribution < -0.4 is 15.4 Å². The number of anilines is 1. The molecular weight excluding hydrogens is 180 g/mol. The van der Waals surface area contributed by atoms with E-state index in [9.17, 15) is 0 Å². The number of hydrogen-bond donors (Lipinski definition) is 2. The molecule has 2 aliphatic heterocycles. The second kappa shape index (κ2) is 4.83. The van der Waals surface area contributed by atoms with Crippen molar-refractivity contribution < 1.29 is 9.47 Å². The van der Waals surface area contributed by atoms with Gasteiger partial charge in [0.25, 0.3) is 0 Å². The molecule has 2 N–H and O–H groups in total. The third-order valence-corrected chi connectivity index (χ3v) is 2.00. The molecule has 14 heavy (non-hydrogen) atoms. The first kappa shape index (κ1) is 9.30. The predicted octanol–water partition coefficient (Wildman–Crippen LogP) is 1.01. The highest BCUT2D eigenvalue weighted by Crippen LogP contribution is 2.27. The predicted molar refractivity (Wildman–Crippen MR) is 54.4 cm³/mol. The van der Waals surface area contributed by atoms with Crippen molar-refractivity contribution in [3.63, 3.8) is 0 Å². The third-order valence-electron chi connectivity index (χ3n) is 2.00. The number of ether oxygens (including phenoxy) is 2. The number of benzene rings is 1. The molecule has 0 amide bonds. The number of nitrogens with one attached hydrogen (secondary N) is 2. The van der Waals surface area contributed by atoms with Crippen LogP contribution in [0.1, 0.15) is 0 Å². The molecule has 0 aromatic heterocycles. The van der Waals surface area contributed by atoms with Crippen molar-refractivity contribution in [2.75, 3.05) is 31.9 Å². The van der Waals surface area contributed by atoms with Crippen molar-refractivity contribution in [1.82, 2.24) is 5.32 Å². The Hall–Kier alpha value is -1.26. The van der Waals surface area contributed by atoms with Crippen molar-refractivity contribution in [3.05, 3.63) is 24.3 Å². The molecule has 1 fully saturated rings. The molecule has 1 aromatic carbocycles. The zero-order chi connectivity index (χ0) is 9.64. The van der Waals surface area contributed by atoms with Crippen LogP contribution in [0.15, 0.2) is 24.3 Å². The normalized spacial score (nSPS) is 17.4. The van der Waals surface area contributed by atoms with Crippen molar-refractivity contribution in [2.24, 2.45) is 0 Å². The second-order valence-electron chi connectivity index (χ2n) is 3.01. The highest BCUT2D eigenvalue weighted by Gasteiger charge is 2.06. The summed E-state index contributed by atoms with van der Waals surface area (Å²) in [6.45, 7) is 3.28. The molecule has 76 valence electrons. The maximum Gasteiger partial charge on any atom is 0.159 e. The summed E-state index contributed by atoms with van der Waals surface area (Å²) in [5.41, 5.74) is 1.09. The molecule has 2 heterocycles. The maximum absolute atomic E-state index is 5.19. The summed E-state index contributed by atoms with van der Waals surface area (Å²) in [7, 11) is 0. The molecule has 1 aromatic rings. The van der Waals surface area contributed by atoms with Crippen LogP contribution in [0.5, 0.6) is 5.75 Å². The molecule has 0 atom stereocenters. The fraction of sp³-hybridized carbons (Fsp3) is 0.400. The lowest BCUT2D eigenvalue weighted by atomic mass is 10.3. The standard InChI is InChI=1S/C7H7NO.C3H7NO/c1-2-4-7-6(3-1)8-5-9-7;1-2-5-3-4-1/h1-4,8H,5H2;4H,1-3H2. The van der Waals surface area contributed by atoms with Gasteiger partial charge in [0, 0.05) is 6.54 Å². The Bertz CT molecular complexity index is 257. The minimum atomic E-state index is 0.610. The molecule has 0 bridgehead atoms. The maximum atomic E-state index is 5.19. The van der Waals surface area contributed by atoms with Gasteiger partial charge in [-0.15, -0.1) is 0 Å². The summed E-state index contributed by atoms with van der Waals surface area (Å²) in [5.74, 6) is 0.956. The Morgan fingerprint density at radius 1 is 1.14 bits per heavy atom. The van der Waals surface area contributed by atoms with Crippen molar-refractivity contribution >= 4 is 5.69 Å². The number of para-hydroxylation sites is 2. The molecule has 0 radical (unpaired) electrons. The highest BCUT2D eigenvalue weighted by molar-refractivity contribution is 5.58. The van der Waals surface area contributed by atoms with Gasteiger partial charge in [0.1, 0.15) is 5.75 Å². The Morgan fingerprint density at radius 2 is 2.07 bits per heavy atom. The van der Waals surface area contributed by atoms with E-state index < -0.39 is 0 Å². The van der Waals surface area contributed by atoms with Gasteiger partial charge in [-0.25, -0.2) is 0 Å². The van der Waals surface area contributed by atoms with Crippen molar-refractivity contribution in [2.45, 2.75) is 0 Å². The van der Waals surface area contributed by atoms with Gasteiger partial charge in [0.2, 0.25) is 0 Å². The van der Waals surface area contributed by atoms with Gasteiger partial charge in [-0.1, -0.05) is 12.1 Å². The van der Waals surface area contributed by atoms with Gasteiger partial charge in [0.15, 0.2) is 6.73 Å². The van der Waals surface area contributed by atoms with E-state index >= 15 is 0 Å². The van der Waals surface area contributed by atoms with E-state index in [1.54, 1.807) is 0 Å². The van der Waals surface area contributed by atoms with E-state index in [1.165, 1.54) is 0 Å². The summed E-state index contributed by atoms with van der Waals surface area (Å²) in [6.07, 6.45) is 0. The minimum Gasteiger partial charge on any atom is -0.471 e. The summed E-state index contributed by atoms with van der Waals surface area (Å²) < 4.78 is 10.0. The smallest absolute Gasteiger partial charge is 0.159 e. The lowest BCUT2D eigenvalue weighted by Crippen LogP contribution is -2.05. The molecule has 1 saturated heterocycles. The van der Waals surface area contributed by atoms with E-state index in [0.29, 0.717) is 6.73 Å². The minimum absolute atomic E-state index is 0.610. The van der Waals surface area contributed by atoms with Crippen LogP contribution in [-0.2, 0) is 4.74 Å². The van der Waals surface area contributed by atoms with Crippen molar-refractivity contribution in [3.8, 4) is 5.75 Å². The molecular formula is C10H14N2O2. The summed E-state index contributed by atoms with van der Waals surface area (Å²) in [5, 5.41) is 6.08. The monoisotopic (exact) mass is 194 g/mol. The fourth-order valence-corrected chi connectivity index (χ4v) is 1.29. The van der Waals surface area contributed by atoms with Crippen LogP contribution in [0.4, 0.5) is 5.69 Å². The molecule has 2 aliphatic rings. The van der Waals surface area contributed by atoms with E-state index in [-0.39, 0.29) is 0 Å².